The maximum absolute atomic E-state index is 9.14. The summed E-state index contributed by atoms with van der Waals surface area (Å²) >= 11 is 0. The number of methoxy groups -OCH3 is 1. The van der Waals surface area contributed by atoms with Crippen molar-refractivity contribution in [3.8, 4) is 11.8 Å². The van der Waals surface area contributed by atoms with Crippen LogP contribution in [0.5, 0.6) is 5.75 Å². The monoisotopic (exact) mass is 225 g/mol. The highest BCUT2D eigenvalue weighted by atomic mass is 16.5. The molecule has 0 amide bonds. The Morgan fingerprint density at radius 2 is 2.24 bits per heavy atom. The van der Waals surface area contributed by atoms with E-state index in [0.717, 1.165) is 11.3 Å². The summed E-state index contributed by atoms with van der Waals surface area (Å²) in [7, 11) is 1.60. The standard InChI is InChI=1S/C14H11NO2/c1-16-13-5-2-4-11(8-13)12(10-15)9-14-6-3-7-17-14/h2-9H,1H3/b12-9-. The highest BCUT2D eigenvalue weighted by molar-refractivity contribution is 5.88. The van der Waals surface area contributed by atoms with Crippen LogP contribution < -0.4 is 4.74 Å². The lowest BCUT2D eigenvalue weighted by atomic mass is 10.1. The van der Waals surface area contributed by atoms with Crippen LogP contribution in [0.25, 0.3) is 11.6 Å². The Hall–Kier alpha value is -2.47. The van der Waals surface area contributed by atoms with Crippen LogP contribution in [-0.4, -0.2) is 7.11 Å². The van der Waals surface area contributed by atoms with Gasteiger partial charge in [-0.1, -0.05) is 12.1 Å². The molecular weight excluding hydrogens is 214 g/mol. The Labute approximate surface area is 99.6 Å². The van der Waals surface area contributed by atoms with E-state index in [9.17, 15) is 0 Å². The maximum atomic E-state index is 9.14. The second-order valence-electron chi connectivity index (χ2n) is 3.42. The summed E-state index contributed by atoms with van der Waals surface area (Å²) in [4.78, 5) is 0. The summed E-state index contributed by atoms with van der Waals surface area (Å²) < 4.78 is 10.3. The SMILES string of the molecule is COc1cccc(/C(C#N)=C\c2ccco2)c1. The van der Waals surface area contributed by atoms with Gasteiger partial charge in [0.25, 0.3) is 0 Å². The number of furan rings is 1. The molecule has 2 rings (SSSR count). The van der Waals surface area contributed by atoms with Crippen molar-refractivity contribution in [2.24, 2.45) is 0 Å². The Morgan fingerprint density at radius 1 is 1.35 bits per heavy atom. The number of nitriles is 1. The fourth-order valence-corrected chi connectivity index (χ4v) is 1.49. The molecule has 84 valence electrons. The molecule has 0 spiro atoms. The molecule has 17 heavy (non-hydrogen) atoms. The maximum Gasteiger partial charge on any atom is 0.127 e. The predicted octanol–water partition coefficient (Wildman–Crippen LogP) is 3.35. The van der Waals surface area contributed by atoms with Crippen LogP contribution in [-0.2, 0) is 0 Å². The van der Waals surface area contributed by atoms with Crippen LogP contribution in [0, 0.1) is 11.3 Å². The highest BCUT2D eigenvalue weighted by Crippen LogP contribution is 2.21. The second-order valence-corrected chi connectivity index (χ2v) is 3.42. The van der Waals surface area contributed by atoms with E-state index in [2.05, 4.69) is 6.07 Å². The third-order valence-electron chi connectivity index (χ3n) is 2.33. The molecular formula is C14H11NO2. The molecule has 0 fully saturated rings. The van der Waals surface area contributed by atoms with E-state index < -0.39 is 0 Å². The Morgan fingerprint density at radius 3 is 2.88 bits per heavy atom. The normalized spacial score (nSPS) is 10.9. The first-order valence-electron chi connectivity index (χ1n) is 5.13. The average molecular weight is 225 g/mol. The molecule has 0 bridgehead atoms. The van der Waals surface area contributed by atoms with Crippen molar-refractivity contribution in [2.75, 3.05) is 7.11 Å². The summed E-state index contributed by atoms with van der Waals surface area (Å²) in [6, 6.07) is 13.1. The van der Waals surface area contributed by atoms with Crippen molar-refractivity contribution in [2.45, 2.75) is 0 Å². The third-order valence-corrected chi connectivity index (χ3v) is 2.33. The smallest absolute Gasteiger partial charge is 0.127 e. The van der Waals surface area contributed by atoms with E-state index >= 15 is 0 Å². The largest absolute Gasteiger partial charge is 0.497 e. The molecule has 1 aromatic carbocycles. The van der Waals surface area contributed by atoms with Gasteiger partial charge >= 0.3 is 0 Å². The first kappa shape index (κ1) is 11.0. The molecule has 0 aliphatic carbocycles. The fraction of sp³-hybridized carbons (Fsp3) is 0.0714. The van der Waals surface area contributed by atoms with E-state index in [1.807, 2.05) is 24.3 Å². The van der Waals surface area contributed by atoms with E-state index in [0.29, 0.717) is 11.3 Å². The van der Waals surface area contributed by atoms with Crippen molar-refractivity contribution in [1.82, 2.24) is 0 Å². The molecule has 0 radical (unpaired) electrons. The fourth-order valence-electron chi connectivity index (χ4n) is 1.49. The minimum atomic E-state index is 0.541. The van der Waals surface area contributed by atoms with Gasteiger partial charge in [-0.15, -0.1) is 0 Å². The minimum Gasteiger partial charge on any atom is -0.497 e. The topological polar surface area (TPSA) is 46.2 Å². The van der Waals surface area contributed by atoms with Crippen LogP contribution in [0.3, 0.4) is 0 Å². The molecule has 3 nitrogen and oxygen atoms in total. The van der Waals surface area contributed by atoms with Gasteiger partial charge in [-0.05, 0) is 35.9 Å². The molecule has 0 atom stereocenters. The van der Waals surface area contributed by atoms with Crippen LogP contribution in [0.15, 0.2) is 47.1 Å². The van der Waals surface area contributed by atoms with Crippen LogP contribution in [0.1, 0.15) is 11.3 Å². The number of benzene rings is 1. The predicted molar refractivity (Wildman–Crippen MR) is 65.2 cm³/mol. The van der Waals surface area contributed by atoms with E-state index in [-0.39, 0.29) is 0 Å². The minimum absolute atomic E-state index is 0.541. The molecule has 2 aromatic rings. The summed E-state index contributed by atoms with van der Waals surface area (Å²) in [5.74, 6) is 1.38. The molecule has 3 heteroatoms. The lowest BCUT2D eigenvalue weighted by molar-refractivity contribution is 0.414. The van der Waals surface area contributed by atoms with E-state index in [4.69, 9.17) is 14.4 Å². The lowest BCUT2D eigenvalue weighted by Crippen LogP contribution is -1.85. The van der Waals surface area contributed by atoms with Gasteiger partial charge in [-0.25, -0.2) is 0 Å². The first-order valence-corrected chi connectivity index (χ1v) is 5.13. The zero-order valence-corrected chi connectivity index (χ0v) is 9.38. The zero-order valence-electron chi connectivity index (χ0n) is 9.38. The van der Waals surface area contributed by atoms with Crippen molar-refractivity contribution in [1.29, 1.82) is 5.26 Å². The molecule has 1 heterocycles. The Bertz CT molecular complexity index is 562. The molecule has 0 aliphatic heterocycles. The lowest BCUT2D eigenvalue weighted by Gasteiger charge is -2.02. The van der Waals surface area contributed by atoms with Crippen molar-refractivity contribution in [3.63, 3.8) is 0 Å². The van der Waals surface area contributed by atoms with Crippen molar-refractivity contribution in [3.05, 3.63) is 54.0 Å². The van der Waals surface area contributed by atoms with Gasteiger partial charge < -0.3 is 9.15 Å². The molecule has 0 saturated heterocycles. The van der Waals surface area contributed by atoms with Crippen molar-refractivity contribution >= 4 is 11.6 Å². The number of hydrogen-bond acceptors (Lipinski definition) is 3. The molecule has 0 saturated carbocycles. The Balaban J connectivity index is 2.39. The quantitative estimate of drug-likeness (QED) is 0.752. The van der Waals surface area contributed by atoms with Gasteiger partial charge in [-0.2, -0.15) is 5.26 Å². The third kappa shape index (κ3) is 2.56. The summed E-state index contributed by atoms with van der Waals surface area (Å²) in [5, 5.41) is 9.14. The number of rotatable bonds is 3. The van der Waals surface area contributed by atoms with E-state index in [1.54, 1.807) is 31.6 Å². The van der Waals surface area contributed by atoms with Gasteiger partial charge in [-0.3, -0.25) is 0 Å². The molecule has 0 N–H and O–H groups in total. The van der Waals surface area contributed by atoms with Gasteiger partial charge in [0.05, 0.1) is 25.0 Å². The second kappa shape index (κ2) is 5.04. The summed E-state index contributed by atoms with van der Waals surface area (Å²) in [6.07, 6.45) is 3.28. The number of ether oxygens (including phenoxy) is 1. The Kier molecular flexibility index (Phi) is 3.27. The van der Waals surface area contributed by atoms with Crippen molar-refractivity contribution < 1.29 is 9.15 Å². The van der Waals surface area contributed by atoms with E-state index in [1.165, 1.54) is 0 Å². The number of allylic oxidation sites excluding steroid dienone is 1. The molecule has 0 aliphatic rings. The van der Waals surface area contributed by atoms with Gasteiger partial charge in [0.1, 0.15) is 11.5 Å². The van der Waals surface area contributed by atoms with Crippen LogP contribution in [0.4, 0.5) is 0 Å². The number of hydrogen-bond donors (Lipinski definition) is 0. The van der Waals surface area contributed by atoms with Gasteiger partial charge in [0.15, 0.2) is 0 Å². The van der Waals surface area contributed by atoms with Gasteiger partial charge in [0.2, 0.25) is 0 Å². The zero-order chi connectivity index (χ0) is 12.1. The summed E-state index contributed by atoms with van der Waals surface area (Å²) in [5.41, 5.74) is 1.35. The highest BCUT2D eigenvalue weighted by Gasteiger charge is 2.03. The van der Waals surface area contributed by atoms with Gasteiger partial charge in [0, 0.05) is 0 Å². The van der Waals surface area contributed by atoms with Crippen LogP contribution in [0.2, 0.25) is 0 Å². The molecule has 1 aromatic heterocycles. The first-order chi connectivity index (χ1) is 8.33. The average Bonchev–Trinajstić information content (AvgIpc) is 2.89. The molecule has 0 unspecified atom stereocenters. The summed E-state index contributed by atoms with van der Waals surface area (Å²) in [6.45, 7) is 0. The van der Waals surface area contributed by atoms with Crippen LogP contribution >= 0.6 is 0 Å². The number of nitrogens with zero attached hydrogens (tertiary/aromatic N) is 1.